The summed E-state index contributed by atoms with van der Waals surface area (Å²) in [5.74, 6) is 0.582. The Morgan fingerprint density at radius 2 is 1.67 bits per heavy atom. The van der Waals surface area contributed by atoms with Crippen LogP contribution in [0.3, 0.4) is 0 Å². The molecule has 0 bridgehead atoms. The summed E-state index contributed by atoms with van der Waals surface area (Å²) in [7, 11) is -3.67. The maximum Gasteiger partial charge on any atom is 0.261 e. The van der Waals surface area contributed by atoms with E-state index in [1.807, 2.05) is 54.6 Å². The Balaban J connectivity index is 0.000000465. The van der Waals surface area contributed by atoms with Gasteiger partial charge in [0, 0.05) is 6.54 Å². The molecular weight excluding hydrogens is 368 g/mol. The smallest absolute Gasteiger partial charge is 0.261 e. The zero-order chi connectivity index (χ0) is 19.9. The van der Waals surface area contributed by atoms with Crippen LogP contribution in [0.25, 0.3) is 0 Å². The summed E-state index contributed by atoms with van der Waals surface area (Å²) in [4.78, 5) is 11.3. The third-order valence-corrected chi connectivity index (χ3v) is 4.02. The fourth-order valence-corrected chi connectivity index (χ4v) is 2.35. The summed E-state index contributed by atoms with van der Waals surface area (Å²) in [6.07, 6.45) is 2.38. The van der Waals surface area contributed by atoms with Crippen molar-refractivity contribution in [2.45, 2.75) is 31.5 Å². The van der Waals surface area contributed by atoms with Crippen molar-refractivity contribution in [3.05, 3.63) is 65.7 Å². The van der Waals surface area contributed by atoms with Crippen LogP contribution in [-0.4, -0.2) is 30.7 Å². The Bertz CT molecular complexity index is 839. The molecule has 7 nitrogen and oxygen atoms in total. The van der Waals surface area contributed by atoms with Crippen LogP contribution in [0.2, 0.25) is 0 Å². The number of nitrogens with two attached hydrogens (primary N) is 1. The van der Waals surface area contributed by atoms with E-state index in [1.165, 1.54) is 0 Å². The van der Waals surface area contributed by atoms with Gasteiger partial charge >= 0.3 is 0 Å². The molecule has 8 heteroatoms. The van der Waals surface area contributed by atoms with Crippen molar-refractivity contribution in [1.29, 1.82) is 0 Å². The minimum Gasteiger partial charge on any atom is -0.489 e. The van der Waals surface area contributed by atoms with Crippen molar-refractivity contribution in [1.82, 2.24) is 5.32 Å². The molecule has 0 radical (unpaired) electrons. The van der Waals surface area contributed by atoms with E-state index in [0.29, 0.717) is 19.4 Å². The average molecular weight is 392 g/mol. The molecule has 0 aliphatic heterocycles. The van der Waals surface area contributed by atoms with Crippen molar-refractivity contribution >= 4 is 16.0 Å². The van der Waals surface area contributed by atoms with Gasteiger partial charge in [-0.05, 0) is 36.1 Å². The van der Waals surface area contributed by atoms with Crippen LogP contribution >= 0.6 is 0 Å². The summed E-state index contributed by atoms with van der Waals surface area (Å²) in [5.41, 5.74) is 7.18. The summed E-state index contributed by atoms with van der Waals surface area (Å²) >= 11 is 0. The highest BCUT2D eigenvalue weighted by molar-refractivity contribution is 7.85. The van der Waals surface area contributed by atoms with E-state index in [2.05, 4.69) is 5.32 Å². The molecule has 27 heavy (non-hydrogen) atoms. The minimum atomic E-state index is -3.67. The predicted molar refractivity (Wildman–Crippen MR) is 103 cm³/mol. The fraction of sp³-hybridized carbons (Fsp3) is 0.316. The molecule has 0 aromatic heterocycles. The lowest BCUT2D eigenvalue weighted by atomic mass is 10.2. The second kappa shape index (κ2) is 8.98. The van der Waals surface area contributed by atoms with Gasteiger partial charge in [0.15, 0.2) is 0 Å². The number of carbonyl (C=O) groups excluding carboxylic acids is 1. The van der Waals surface area contributed by atoms with Gasteiger partial charge in [-0.25, -0.2) is 0 Å². The number of amides is 1. The number of ether oxygens (including phenoxy) is 1. The number of carbonyl (C=O) groups is 1. The largest absolute Gasteiger partial charge is 0.489 e. The molecule has 3 rings (SSSR count). The Hall–Kier alpha value is -2.42. The van der Waals surface area contributed by atoms with Gasteiger partial charge in [0.2, 0.25) is 5.91 Å². The molecule has 0 heterocycles. The normalized spacial score (nSPS) is 14.6. The van der Waals surface area contributed by atoms with Gasteiger partial charge in [-0.15, -0.1) is 0 Å². The first kappa shape index (κ1) is 20.9. The van der Waals surface area contributed by atoms with E-state index < -0.39 is 15.7 Å². The molecule has 2 aromatic rings. The average Bonchev–Trinajstić information content (AvgIpc) is 3.40. The van der Waals surface area contributed by atoms with E-state index in [0.717, 1.165) is 29.7 Å². The molecule has 146 valence electrons. The van der Waals surface area contributed by atoms with Gasteiger partial charge in [0.25, 0.3) is 10.1 Å². The lowest BCUT2D eigenvalue weighted by Gasteiger charge is -2.13. The van der Waals surface area contributed by atoms with Crippen molar-refractivity contribution in [3.8, 4) is 5.75 Å². The summed E-state index contributed by atoms with van der Waals surface area (Å²) in [6.45, 7) is 1.20. The lowest BCUT2D eigenvalue weighted by molar-refractivity contribution is -0.121. The standard InChI is InChI=1S/C18H20N2O2.CH4O3S/c19-17(21)18(10-11-18)20-12-14-6-8-16(9-7-14)22-13-15-4-2-1-3-5-15;1-5(2,3)4/h1-9,20H,10-13H2,(H2,19,21);1H3,(H,2,3,4). The van der Waals surface area contributed by atoms with E-state index in [4.69, 9.17) is 15.0 Å². The summed E-state index contributed by atoms with van der Waals surface area (Å²) < 4.78 is 31.6. The highest BCUT2D eigenvalue weighted by Crippen LogP contribution is 2.35. The lowest BCUT2D eigenvalue weighted by Crippen LogP contribution is -2.43. The maximum atomic E-state index is 11.3. The van der Waals surface area contributed by atoms with Crippen LogP contribution in [0.4, 0.5) is 0 Å². The van der Waals surface area contributed by atoms with Crippen LogP contribution in [0.1, 0.15) is 24.0 Å². The van der Waals surface area contributed by atoms with E-state index in [9.17, 15) is 13.2 Å². The topological polar surface area (TPSA) is 119 Å². The monoisotopic (exact) mass is 392 g/mol. The molecule has 0 spiro atoms. The molecular formula is C19H24N2O5S. The van der Waals surface area contributed by atoms with Crippen LogP contribution in [0, 0.1) is 0 Å². The van der Waals surface area contributed by atoms with Crippen LogP contribution in [0.5, 0.6) is 5.75 Å². The number of benzene rings is 2. The zero-order valence-electron chi connectivity index (χ0n) is 15.1. The highest BCUT2D eigenvalue weighted by atomic mass is 32.2. The van der Waals surface area contributed by atoms with Crippen molar-refractivity contribution in [2.75, 3.05) is 6.26 Å². The zero-order valence-corrected chi connectivity index (χ0v) is 15.9. The number of primary amides is 1. The van der Waals surface area contributed by atoms with Crippen LogP contribution in [-0.2, 0) is 28.1 Å². The first-order valence-electron chi connectivity index (χ1n) is 8.41. The third-order valence-electron chi connectivity index (χ3n) is 4.02. The molecule has 1 aliphatic carbocycles. The molecule has 0 unspecified atom stereocenters. The number of hydrogen-bond donors (Lipinski definition) is 3. The van der Waals surface area contributed by atoms with Crippen molar-refractivity contribution < 1.29 is 22.5 Å². The Morgan fingerprint density at radius 1 is 1.11 bits per heavy atom. The molecule has 0 atom stereocenters. The van der Waals surface area contributed by atoms with Gasteiger partial charge in [0.05, 0.1) is 11.8 Å². The van der Waals surface area contributed by atoms with Gasteiger partial charge in [-0.3, -0.25) is 14.7 Å². The molecule has 1 fully saturated rings. The molecule has 1 amide bonds. The Morgan fingerprint density at radius 3 is 2.15 bits per heavy atom. The quantitative estimate of drug-likeness (QED) is 0.619. The molecule has 1 saturated carbocycles. The Kier molecular flexibility index (Phi) is 6.95. The van der Waals surface area contributed by atoms with Gasteiger partial charge in [-0.2, -0.15) is 8.42 Å². The molecule has 2 aromatic carbocycles. The number of hydrogen-bond acceptors (Lipinski definition) is 5. The number of nitrogens with one attached hydrogen (secondary N) is 1. The van der Waals surface area contributed by atoms with E-state index in [-0.39, 0.29) is 5.91 Å². The maximum absolute atomic E-state index is 11.3. The SMILES string of the molecule is CS(=O)(=O)O.NC(=O)C1(NCc2ccc(OCc3ccccc3)cc2)CC1. The van der Waals surface area contributed by atoms with Gasteiger partial charge in [-0.1, -0.05) is 42.5 Å². The first-order chi connectivity index (χ1) is 12.7. The second-order valence-corrected chi connectivity index (χ2v) is 7.92. The highest BCUT2D eigenvalue weighted by Gasteiger charge is 2.47. The van der Waals surface area contributed by atoms with Gasteiger partial charge in [0.1, 0.15) is 12.4 Å². The first-order valence-corrected chi connectivity index (χ1v) is 10.3. The minimum absolute atomic E-state index is 0.254. The molecule has 0 saturated heterocycles. The van der Waals surface area contributed by atoms with E-state index in [1.54, 1.807) is 0 Å². The molecule has 1 aliphatic rings. The summed E-state index contributed by atoms with van der Waals surface area (Å²) in [5, 5.41) is 3.25. The number of rotatable bonds is 7. The molecule has 4 N–H and O–H groups in total. The van der Waals surface area contributed by atoms with Crippen LogP contribution < -0.4 is 15.8 Å². The van der Waals surface area contributed by atoms with Crippen LogP contribution in [0.15, 0.2) is 54.6 Å². The predicted octanol–water partition coefficient (Wildman–Crippen LogP) is 1.88. The second-order valence-electron chi connectivity index (χ2n) is 6.45. The van der Waals surface area contributed by atoms with Crippen molar-refractivity contribution in [2.24, 2.45) is 5.73 Å². The Labute approximate surface area is 159 Å². The summed E-state index contributed by atoms with van der Waals surface area (Å²) in [6, 6.07) is 18.0. The third kappa shape index (κ3) is 7.78. The van der Waals surface area contributed by atoms with E-state index >= 15 is 0 Å². The fourth-order valence-electron chi connectivity index (χ4n) is 2.35. The van der Waals surface area contributed by atoms with Gasteiger partial charge < -0.3 is 10.5 Å². The van der Waals surface area contributed by atoms with Crippen molar-refractivity contribution in [3.63, 3.8) is 0 Å².